The summed E-state index contributed by atoms with van der Waals surface area (Å²) in [5.74, 6) is 2.56. The molecular formula is C31H37N3O3S. The number of nitrogens with zero attached hydrogens (tertiary/aromatic N) is 3. The zero-order valence-electron chi connectivity index (χ0n) is 22.4. The number of fused-ring (bicyclic) bond motifs is 2. The lowest BCUT2D eigenvalue weighted by Gasteiger charge is -2.37. The Balaban J connectivity index is 1.17. The van der Waals surface area contributed by atoms with Gasteiger partial charge in [-0.3, -0.25) is 4.79 Å². The average Bonchev–Trinajstić information content (AvgIpc) is 3.68. The molecule has 2 saturated heterocycles. The maximum atomic E-state index is 12.8. The Bertz CT molecular complexity index is 1300. The predicted molar refractivity (Wildman–Crippen MR) is 152 cm³/mol. The molecule has 1 amide bonds. The third-order valence-corrected chi connectivity index (χ3v) is 9.68. The number of likely N-dealkylation sites (tertiary alicyclic amines) is 1. The molecule has 7 heteroatoms. The molecule has 2 aromatic carbocycles. The molecule has 6 rings (SSSR count). The van der Waals surface area contributed by atoms with Crippen LogP contribution in [0.2, 0.25) is 0 Å². The average molecular weight is 532 g/mol. The maximum Gasteiger partial charge on any atom is 0.253 e. The quantitative estimate of drug-likeness (QED) is 0.424. The van der Waals surface area contributed by atoms with Crippen molar-refractivity contribution >= 4 is 22.4 Å². The number of hydrogen-bond acceptors (Lipinski definition) is 6. The van der Waals surface area contributed by atoms with E-state index in [4.69, 9.17) is 9.72 Å². The molecule has 1 aromatic heterocycles. The van der Waals surface area contributed by atoms with E-state index in [2.05, 4.69) is 36.3 Å². The van der Waals surface area contributed by atoms with Crippen molar-refractivity contribution in [1.82, 2.24) is 9.88 Å². The molecule has 1 saturated carbocycles. The van der Waals surface area contributed by atoms with Crippen LogP contribution in [0, 0.1) is 31.6 Å². The summed E-state index contributed by atoms with van der Waals surface area (Å²) in [4.78, 5) is 22.2. The van der Waals surface area contributed by atoms with Crippen molar-refractivity contribution in [3.63, 3.8) is 0 Å². The maximum absolute atomic E-state index is 12.8. The van der Waals surface area contributed by atoms with Gasteiger partial charge in [0.15, 0.2) is 5.13 Å². The smallest absolute Gasteiger partial charge is 0.253 e. The molecule has 38 heavy (non-hydrogen) atoms. The van der Waals surface area contributed by atoms with Gasteiger partial charge >= 0.3 is 0 Å². The monoisotopic (exact) mass is 531 g/mol. The van der Waals surface area contributed by atoms with Gasteiger partial charge in [-0.05, 0) is 92.7 Å². The van der Waals surface area contributed by atoms with Crippen LogP contribution in [0.4, 0.5) is 5.13 Å². The van der Waals surface area contributed by atoms with Crippen LogP contribution in [-0.4, -0.2) is 53.7 Å². The normalized spacial score (nSPS) is 22.8. The molecule has 1 aliphatic carbocycles. The van der Waals surface area contributed by atoms with E-state index in [-0.39, 0.29) is 5.91 Å². The number of carbonyl (C=O) groups excluding carboxylic acids is 1. The Labute approximate surface area is 229 Å². The lowest BCUT2D eigenvalue weighted by Crippen LogP contribution is -2.43. The lowest BCUT2D eigenvalue weighted by molar-refractivity contribution is 0.0792. The van der Waals surface area contributed by atoms with Crippen molar-refractivity contribution in [1.29, 1.82) is 0 Å². The van der Waals surface area contributed by atoms with Crippen LogP contribution >= 0.6 is 11.3 Å². The number of aliphatic hydroxyl groups excluding tert-OH is 1. The fourth-order valence-electron chi connectivity index (χ4n) is 6.54. The molecular weight excluding hydrogens is 494 g/mol. The molecule has 1 unspecified atom stereocenters. The van der Waals surface area contributed by atoms with Crippen molar-refractivity contribution in [2.24, 2.45) is 17.8 Å². The number of rotatable bonds is 7. The minimum absolute atomic E-state index is 0.131. The zero-order valence-corrected chi connectivity index (χ0v) is 23.2. The van der Waals surface area contributed by atoms with E-state index in [1.165, 1.54) is 18.4 Å². The van der Waals surface area contributed by atoms with Crippen LogP contribution in [0.15, 0.2) is 41.8 Å². The first-order chi connectivity index (χ1) is 18.5. The number of anilines is 1. The van der Waals surface area contributed by atoms with E-state index < -0.39 is 0 Å². The van der Waals surface area contributed by atoms with Crippen LogP contribution in [0.3, 0.4) is 0 Å². The van der Waals surface area contributed by atoms with Gasteiger partial charge < -0.3 is 19.6 Å². The van der Waals surface area contributed by atoms with Gasteiger partial charge in [-0.2, -0.15) is 0 Å². The summed E-state index contributed by atoms with van der Waals surface area (Å²) in [6, 6.07) is 12.2. The second kappa shape index (κ2) is 10.7. The summed E-state index contributed by atoms with van der Waals surface area (Å²) in [6.07, 6.45) is 4.62. The van der Waals surface area contributed by atoms with Crippen LogP contribution in [0.5, 0.6) is 5.75 Å². The summed E-state index contributed by atoms with van der Waals surface area (Å²) in [5, 5.41) is 13.0. The van der Waals surface area contributed by atoms with E-state index in [0.29, 0.717) is 31.0 Å². The Kier molecular flexibility index (Phi) is 7.14. The van der Waals surface area contributed by atoms with Crippen molar-refractivity contribution < 1.29 is 14.6 Å². The van der Waals surface area contributed by atoms with E-state index in [1.807, 2.05) is 29.2 Å². The number of ether oxygens (including phenoxy) is 1. The summed E-state index contributed by atoms with van der Waals surface area (Å²) in [7, 11) is 0. The second-order valence-electron chi connectivity index (χ2n) is 11.3. The summed E-state index contributed by atoms with van der Waals surface area (Å²) < 4.78 is 6.37. The lowest BCUT2D eigenvalue weighted by atomic mass is 9.86. The van der Waals surface area contributed by atoms with Gasteiger partial charge in [0.2, 0.25) is 0 Å². The van der Waals surface area contributed by atoms with E-state index in [1.54, 1.807) is 11.3 Å². The van der Waals surface area contributed by atoms with E-state index >= 15 is 0 Å². The topological polar surface area (TPSA) is 65.9 Å². The standard InChI is InChI=1S/C31H37N3O3S/c1-20-5-10-29(37-18-25-9-6-22(14-21(25)2)30(36)33-11-3-4-12-33)26(13-20)28-19-38-31(32-28)34-15-23-7-8-24(16-34)27(23)17-35/h5-6,9-10,13-14,19,23-24,27,35H,3-4,7-8,11-12,15-18H2,1-2H3/t23-,24+,27?. The molecule has 3 fully saturated rings. The Morgan fingerprint density at radius 2 is 1.84 bits per heavy atom. The number of aliphatic hydroxyl groups is 1. The predicted octanol–water partition coefficient (Wildman–Crippen LogP) is 5.70. The van der Waals surface area contributed by atoms with E-state index in [0.717, 1.165) is 77.8 Å². The number of aromatic nitrogens is 1. The molecule has 6 nitrogen and oxygen atoms in total. The van der Waals surface area contributed by atoms with Gasteiger partial charge in [-0.15, -0.1) is 11.3 Å². The fraction of sp³-hybridized carbons (Fsp3) is 0.484. The highest BCUT2D eigenvalue weighted by Gasteiger charge is 2.42. The highest BCUT2D eigenvalue weighted by atomic mass is 32.1. The SMILES string of the molecule is Cc1ccc(OCc2ccc(C(=O)N3CCCC3)cc2C)c(-c2csc(N3C[C@H]4CC[C@@H](C3)C4CO)n2)c1. The zero-order chi connectivity index (χ0) is 26.2. The van der Waals surface area contributed by atoms with Crippen LogP contribution in [0.25, 0.3) is 11.3 Å². The number of piperidine rings is 1. The van der Waals surface area contributed by atoms with Gasteiger partial charge in [-0.1, -0.05) is 17.7 Å². The van der Waals surface area contributed by atoms with Crippen molar-refractivity contribution in [2.75, 3.05) is 37.7 Å². The van der Waals surface area contributed by atoms with E-state index in [9.17, 15) is 9.90 Å². The Hall–Kier alpha value is -2.90. The summed E-state index contributed by atoms with van der Waals surface area (Å²) in [6.45, 7) is 8.59. The third-order valence-electron chi connectivity index (χ3n) is 8.78. The Morgan fingerprint density at radius 1 is 1.08 bits per heavy atom. The van der Waals surface area contributed by atoms with Gasteiger partial charge in [0.05, 0.1) is 5.69 Å². The van der Waals surface area contributed by atoms with Crippen LogP contribution in [-0.2, 0) is 6.61 Å². The number of benzene rings is 2. The number of aryl methyl sites for hydroxylation is 2. The molecule has 0 radical (unpaired) electrons. The van der Waals surface area contributed by atoms with Gasteiger partial charge in [0.25, 0.3) is 5.91 Å². The Morgan fingerprint density at radius 3 is 2.55 bits per heavy atom. The molecule has 3 aliphatic rings. The highest BCUT2D eigenvalue weighted by molar-refractivity contribution is 7.14. The van der Waals surface area contributed by atoms with Crippen molar-refractivity contribution in [2.45, 2.75) is 46.1 Å². The van der Waals surface area contributed by atoms with Gasteiger partial charge in [0.1, 0.15) is 12.4 Å². The van der Waals surface area contributed by atoms with Crippen molar-refractivity contribution in [3.8, 4) is 17.0 Å². The number of carbonyl (C=O) groups is 1. The first-order valence-corrected chi connectivity index (χ1v) is 14.8. The summed E-state index contributed by atoms with van der Waals surface area (Å²) in [5.41, 5.74) is 6.04. The minimum Gasteiger partial charge on any atom is -0.488 e. The number of amides is 1. The van der Waals surface area contributed by atoms with Crippen molar-refractivity contribution in [3.05, 3.63) is 64.0 Å². The number of hydrogen-bond donors (Lipinski definition) is 1. The minimum atomic E-state index is 0.131. The van der Waals surface area contributed by atoms with Crippen LogP contribution in [0.1, 0.15) is 52.7 Å². The molecule has 2 bridgehead atoms. The molecule has 2 aliphatic heterocycles. The molecule has 3 atom stereocenters. The van der Waals surface area contributed by atoms with Gasteiger partial charge in [0, 0.05) is 49.3 Å². The molecule has 3 heterocycles. The van der Waals surface area contributed by atoms with Crippen LogP contribution < -0.4 is 9.64 Å². The fourth-order valence-corrected chi connectivity index (χ4v) is 7.39. The molecule has 200 valence electrons. The molecule has 0 spiro atoms. The largest absolute Gasteiger partial charge is 0.488 e. The third kappa shape index (κ3) is 4.94. The number of thiazole rings is 1. The first-order valence-electron chi connectivity index (χ1n) is 13.9. The first kappa shape index (κ1) is 25.4. The van der Waals surface area contributed by atoms with Gasteiger partial charge in [-0.25, -0.2) is 4.98 Å². The highest BCUT2D eigenvalue weighted by Crippen LogP contribution is 2.44. The summed E-state index contributed by atoms with van der Waals surface area (Å²) >= 11 is 1.70. The molecule has 1 N–H and O–H groups in total. The molecule has 3 aromatic rings. The second-order valence-corrected chi connectivity index (χ2v) is 12.1.